The fraction of sp³-hybridized carbons (Fsp3) is 0.308. The smallest absolute Gasteiger partial charge is 0.0888 e. The number of hydrogen-bond acceptors (Lipinski definition) is 1. The predicted molar refractivity (Wildman–Crippen MR) is 65.5 cm³/mol. The molecule has 1 heterocycles. The lowest BCUT2D eigenvalue weighted by Gasteiger charge is -2.10. The second-order valence-corrected chi connectivity index (χ2v) is 4.29. The van der Waals surface area contributed by atoms with Crippen molar-refractivity contribution in [3.05, 3.63) is 41.0 Å². The molecule has 2 aromatic rings. The van der Waals surface area contributed by atoms with Gasteiger partial charge in [-0.3, -0.25) is 4.98 Å². The first-order valence-electron chi connectivity index (χ1n) is 5.26. The van der Waals surface area contributed by atoms with Crippen molar-refractivity contribution in [3.8, 4) is 0 Å². The lowest BCUT2D eigenvalue weighted by atomic mass is 9.97. The summed E-state index contributed by atoms with van der Waals surface area (Å²) in [6.07, 6.45) is 2.90. The Balaban J connectivity index is 2.62. The Labute approximate surface area is 95.1 Å². The highest BCUT2D eigenvalue weighted by molar-refractivity contribution is 6.35. The highest BCUT2D eigenvalue weighted by Gasteiger charge is 2.07. The van der Waals surface area contributed by atoms with Gasteiger partial charge in [-0.25, -0.2) is 0 Å². The van der Waals surface area contributed by atoms with Crippen molar-refractivity contribution in [1.29, 1.82) is 0 Å². The molecule has 0 saturated heterocycles. The Kier molecular flexibility index (Phi) is 2.92. The van der Waals surface area contributed by atoms with Crippen LogP contribution in [0.25, 0.3) is 10.9 Å². The topological polar surface area (TPSA) is 12.9 Å². The number of hydrogen-bond donors (Lipinski definition) is 0. The van der Waals surface area contributed by atoms with Crippen LogP contribution in [0.2, 0.25) is 5.02 Å². The van der Waals surface area contributed by atoms with Gasteiger partial charge in [0.15, 0.2) is 0 Å². The van der Waals surface area contributed by atoms with Crippen LogP contribution in [0, 0.1) is 0 Å². The molecule has 2 heteroatoms. The molecular formula is C13H14ClN. The Morgan fingerprint density at radius 2 is 2.20 bits per heavy atom. The molecule has 1 aromatic heterocycles. The molecule has 0 fully saturated rings. The summed E-state index contributed by atoms with van der Waals surface area (Å²) in [4.78, 5) is 4.28. The van der Waals surface area contributed by atoms with Crippen molar-refractivity contribution in [1.82, 2.24) is 4.98 Å². The van der Waals surface area contributed by atoms with Gasteiger partial charge in [0, 0.05) is 11.6 Å². The van der Waals surface area contributed by atoms with E-state index in [1.165, 1.54) is 5.56 Å². The Bertz CT molecular complexity index is 479. The van der Waals surface area contributed by atoms with Gasteiger partial charge in [0.25, 0.3) is 0 Å². The second-order valence-electron chi connectivity index (χ2n) is 3.89. The van der Waals surface area contributed by atoms with Crippen LogP contribution < -0.4 is 0 Å². The molecule has 0 bridgehead atoms. The molecular weight excluding hydrogens is 206 g/mol. The highest BCUT2D eigenvalue weighted by atomic mass is 35.5. The minimum absolute atomic E-state index is 0.548. The van der Waals surface area contributed by atoms with E-state index in [1.54, 1.807) is 6.20 Å². The van der Waals surface area contributed by atoms with Gasteiger partial charge in [-0.05, 0) is 36.1 Å². The zero-order valence-corrected chi connectivity index (χ0v) is 9.75. The van der Waals surface area contributed by atoms with Gasteiger partial charge in [-0.1, -0.05) is 31.5 Å². The number of aromatic nitrogens is 1. The van der Waals surface area contributed by atoms with Gasteiger partial charge in [0.05, 0.1) is 10.5 Å². The third-order valence-corrected chi connectivity index (χ3v) is 3.15. The normalized spacial score (nSPS) is 13.0. The van der Waals surface area contributed by atoms with E-state index in [0.29, 0.717) is 5.92 Å². The van der Waals surface area contributed by atoms with E-state index in [9.17, 15) is 0 Å². The first-order chi connectivity index (χ1) is 7.22. The fourth-order valence-electron chi connectivity index (χ4n) is 1.69. The summed E-state index contributed by atoms with van der Waals surface area (Å²) >= 11 is 6.20. The van der Waals surface area contributed by atoms with E-state index in [2.05, 4.69) is 31.0 Å². The summed E-state index contributed by atoms with van der Waals surface area (Å²) in [6, 6.07) is 8.21. The van der Waals surface area contributed by atoms with Crippen LogP contribution in [0.1, 0.15) is 31.7 Å². The molecule has 0 saturated carbocycles. The average molecular weight is 220 g/mol. The predicted octanol–water partition coefficient (Wildman–Crippen LogP) is 4.40. The number of nitrogens with zero attached hydrogens (tertiary/aromatic N) is 1. The summed E-state index contributed by atoms with van der Waals surface area (Å²) < 4.78 is 0. The standard InChI is InChI=1S/C13H14ClN/c1-3-9(2)11-7-10-5-4-6-15-13(10)12(14)8-11/h4-9H,3H2,1-2H3. The zero-order chi connectivity index (χ0) is 10.8. The third kappa shape index (κ3) is 1.98. The van der Waals surface area contributed by atoms with Crippen LogP contribution in [0.15, 0.2) is 30.5 Å². The molecule has 0 aliphatic heterocycles. The molecule has 1 atom stereocenters. The summed E-state index contributed by atoms with van der Waals surface area (Å²) in [5.41, 5.74) is 2.19. The van der Waals surface area contributed by atoms with E-state index < -0.39 is 0 Å². The first kappa shape index (κ1) is 10.4. The first-order valence-corrected chi connectivity index (χ1v) is 5.64. The minimum atomic E-state index is 0.548. The third-order valence-electron chi connectivity index (χ3n) is 2.86. The van der Waals surface area contributed by atoms with E-state index in [-0.39, 0.29) is 0 Å². The number of halogens is 1. The minimum Gasteiger partial charge on any atom is -0.255 e. The van der Waals surface area contributed by atoms with Crippen molar-refractivity contribution in [3.63, 3.8) is 0 Å². The van der Waals surface area contributed by atoms with Crippen molar-refractivity contribution >= 4 is 22.5 Å². The monoisotopic (exact) mass is 219 g/mol. The van der Waals surface area contributed by atoms with E-state index in [0.717, 1.165) is 22.3 Å². The van der Waals surface area contributed by atoms with Crippen LogP contribution in [-0.2, 0) is 0 Å². The van der Waals surface area contributed by atoms with Gasteiger partial charge in [0.1, 0.15) is 0 Å². The number of fused-ring (bicyclic) bond motifs is 1. The maximum absolute atomic E-state index is 6.20. The maximum Gasteiger partial charge on any atom is 0.0888 e. The number of benzene rings is 1. The summed E-state index contributed by atoms with van der Waals surface area (Å²) in [7, 11) is 0. The quantitative estimate of drug-likeness (QED) is 0.730. The molecule has 0 aliphatic rings. The molecule has 0 spiro atoms. The van der Waals surface area contributed by atoms with Crippen LogP contribution in [0.4, 0.5) is 0 Å². The van der Waals surface area contributed by atoms with Gasteiger partial charge in [-0.2, -0.15) is 0 Å². The fourth-order valence-corrected chi connectivity index (χ4v) is 1.97. The molecule has 78 valence electrons. The van der Waals surface area contributed by atoms with Crippen LogP contribution >= 0.6 is 11.6 Å². The van der Waals surface area contributed by atoms with Crippen molar-refractivity contribution in [2.45, 2.75) is 26.2 Å². The Morgan fingerprint density at radius 1 is 1.40 bits per heavy atom. The van der Waals surface area contributed by atoms with Crippen molar-refractivity contribution < 1.29 is 0 Å². The Morgan fingerprint density at radius 3 is 2.93 bits per heavy atom. The molecule has 0 N–H and O–H groups in total. The van der Waals surface area contributed by atoms with Crippen molar-refractivity contribution in [2.24, 2.45) is 0 Å². The largest absolute Gasteiger partial charge is 0.255 e. The van der Waals surface area contributed by atoms with Gasteiger partial charge >= 0.3 is 0 Å². The van der Waals surface area contributed by atoms with E-state index in [4.69, 9.17) is 11.6 Å². The molecule has 15 heavy (non-hydrogen) atoms. The summed E-state index contributed by atoms with van der Waals surface area (Å²) in [6.45, 7) is 4.40. The summed E-state index contributed by atoms with van der Waals surface area (Å²) in [5, 5.41) is 1.88. The maximum atomic E-state index is 6.20. The molecule has 2 rings (SSSR count). The van der Waals surface area contributed by atoms with E-state index in [1.807, 2.05) is 12.1 Å². The lowest BCUT2D eigenvalue weighted by molar-refractivity contribution is 0.734. The van der Waals surface area contributed by atoms with E-state index >= 15 is 0 Å². The molecule has 0 amide bonds. The number of rotatable bonds is 2. The van der Waals surface area contributed by atoms with Gasteiger partial charge in [0.2, 0.25) is 0 Å². The molecule has 1 unspecified atom stereocenters. The zero-order valence-electron chi connectivity index (χ0n) is 9.00. The Hall–Kier alpha value is -1.08. The highest BCUT2D eigenvalue weighted by Crippen LogP contribution is 2.28. The molecule has 1 nitrogen and oxygen atoms in total. The van der Waals surface area contributed by atoms with Gasteiger partial charge < -0.3 is 0 Å². The van der Waals surface area contributed by atoms with Crippen molar-refractivity contribution in [2.75, 3.05) is 0 Å². The van der Waals surface area contributed by atoms with Crippen LogP contribution in [0.5, 0.6) is 0 Å². The van der Waals surface area contributed by atoms with Gasteiger partial charge in [-0.15, -0.1) is 0 Å². The summed E-state index contributed by atoms with van der Waals surface area (Å²) in [5.74, 6) is 0.548. The van der Waals surface area contributed by atoms with Crippen LogP contribution in [0.3, 0.4) is 0 Å². The lowest BCUT2D eigenvalue weighted by Crippen LogP contribution is -1.92. The molecule has 0 aliphatic carbocycles. The second kappa shape index (κ2) is 4.19. The molecule has 0 radical (unpaired) electrons. The SMILES string of the molecule is CCC(C)c1cc(Cl)c2ncccc2c1. The molecule has 1 aromatic carbocycles. The number of pyridine rings is 1. The average Bonchev–Trinajstić information content (AvgIpc) is 2.28. The van der Waals surface area contributed by atoms with Crippen LogP contribution in [-0.4, -0.2) is 4.98 Å².